The van der Waals surface area contributed by atoms with Crippen molar-refractivity contribution in [3.05, 3.63) is 0 Å². The summed E-state index contributed by atoms with van der Waals surface area (Å²) >= 11 is 0. The predicted octanol–water partition coefficient (Wildman–Crippen LogP) is 3.50. The molecule has 4 heteroatoms. The lowest BCUT2D eigenvalue weighted by molar-refractivity contribution is -0.137. The van der Waals surface area contributed by atoms with Gasteiger partial charge in [-0.3, -0.25) is 9.59 Å². The molecule has 0 fully saturated rings. The van der Waals surface area contributed by atoms with Crippen LogP contribution in [0.4, 0.5) is 0 Å². The number of amides is 1. The Balaban J connectivity index is 3.18. The fourth-order valence-electron chi connectivity index (χ4n) is 1.98. The van der Waals surface area contributed by atoms with Crippen molar-refractivity contribution in [3.63, 3.8) is 0 Å². The van der Waals surface area contributed by atoms with E-state index in [4.69, 9.17) is 5.11 Å². The van der Waals surface area contributed by atoms with Crippen molar-refractivity contribution in [3.8, 4) is 0 Å². The molecular weight excluding hydrogens is 242 g/mol. The van der Waals surface area contributed by atoms with Crippen molar-refractivity contribution in [1.82, 2.24) is 5.32 Å². The maximum Gasteiger partial charge on any atom is 0.303 e. The van der Waals surface area contributed by atoms with Gasteiger partial charge in [-0.1, -0.05) is 51.9 Å². The molecule has 19 heavy (non-hydrogen) atoms. The summed E-state index contributed by atoms with van der Waals surface area (Å²) in [5.74, 6) is -0.756. The second kappa shape index (κ2) is 13.4. The van der Waals surface area contributed by atoms with Gasteiger partial charge < -0.3 is 10.4 Å². The number of carboxylic acid groups (broad SMARTS) is 1. The summed E-state index contributed by atoms with van der Waals surface area (Å²) in [5, 5.41) is 11.2. The maximum atomic E-state index is 11.4. The fraction of sp³-hybridized carbons (Fsp3) is 0.867. The number of carboxylic acids is 1. The first-order chi connectivity index (χ1) is 9.16. The normalized spacial score (nSPS) is 10.4. The molecule has 0 saturated carbocycles. The summed E-state index contributed by atoms with van der Waals surface area (Å²) in [5.41, 5.74) is 0. The van der Waals surface area contributed by atoms with Crippen LogP contribution in [0.2, 0.25) is 0 Å². The van der Waals surface area contributed by atoms with Crippen LogP contribution in [-0.2, 0) is 9.59 Å². The zero-order valence-corrected chi connectivity index (χ0v) is 12.2. The van der Waals surface area contributed by atoms with E-state index in [1.165, 1.54) is 38.5 Å². The van der Waals surface area contributed by atoms with E-state index >= 15 is 0 Å². The van der Waals surface area contributed by atoms with E-state index in [1.807, 2.05) is 0 Å². The first-order valence-corrected chi connectivity index (χ1v) is 7.65. The Hall–Kier alpha value is -1.06. The van der Waals surface area contributed by atoms with Gasteiger partial charge in [0.15, 0.2) is 0 Å². The van der Waals surface area contributed by atoms with Gasteiger partial charge >= 0.3 is 5.97 Å². The largest absolute Gasteiger partial charge is 0.481 e. The number of hydrogen-bond acceptors (Lipinski definition) is 2. The van der Waals surface area contributed by atoms with Gasteiger partial charge in [0, 0.05) is 19.4 Å². The molecule has 0 rings (SSSR count). The van der Waals surface area contributed by atoms with E-state index in [1.54, 1.807) is 0 Å². The van der Waals surface area contributed by atoms with Crippen molar-refractivity contribution in [2.75, 3.05) is 6.54 Å². The van der Waals surface area contributed by atoms with Crippen LogP contribution in [0.1, 0.15) is 77.6 Å². The number of carbonyl (C=O) groups excluding carboxylic acids is 1. The highest BCUT2D eigenvalue weighted by atomic mass is 16.4. The highest BCUT2D eigenvalue weighted by Crippen LogP contribution is 2.09. The Labute approximate surface area is 117 Å². The van der Waals surface area contributed by atoms with Gasteiger partial charge in [0.1, 0.15) is 0 Å². The van der Waals surface area contributed by atoms with Gasteiger partial charge in [0.05, 0.1) is 0 Å². The van der Waals surface area contributed by atoms with Crippen LogP contribution in [0.3, 0.4) is 0 Å². The minimum absolute atomic E-state index is 0.0522. The predicted molar refractivity (Wildman–Crippen MR) is 77.1 cm³/mol. The molecule has 4 nitrogen and oxygen atoms in total. The number of nitrogens with one attached hydrogen (secondary N) is 1. The van der Waals surface area contributed by atoms with Crippen molar-refractivity contribution in [2.24, 2.45) is 0 Å². The molecule has 0 saturated heterocycles. The molecule has 2 N–H and O–H groups in total. The van der Waals surface area contributed by atoms with Gasteiger partial charge in [0.2, 0.25) is 5.91 Å². The van der Waals surface area contributed by atoms with Crippen LogP contribution in [0, 0.1) is 0 Å². The Morgan fingerprint density at radius 3 is 2.00 bits per heavy atom. The van der Waals surface area contributed by atoms with Crippen molar-refractivity contribution >= 4 is 11.9 Å². The molecule has 0 aromatic carbocycles. The highest BCUT2D eigenvalue weighted by molar-refractivity contribution is 5.75. The Morgan fingerprint density at radius 2 is 1.42 bits per heavy atom. The zero-order valence-electron chi connectivity index (χ0n) is 12.2. The average Bonchev–Trinajstić information content (AvgIpc) is 2.37. The SMILES string of the molecule is CCCCCCCCCCC(=O)NCCCC(=O)O. The van der Waals surface area contributed by atoms with E-state index < -0.39 is 5.97 Å². The van der Waals surface area contributed by atoms with Crippen LogP contribution < -0.4 is 5.32 Å². The molecule has 0 aliphatic rings. The topological polar surface area (TPSA) is 66.4 Å². The van der Waals surface area contributed by atoms with Crippen molar-refractivity contribution in [1.29, 1.82) is 0 Å². The summed E-state index contributed by atoms with van der Waals surface area (Å²) in [6.45, 7) is 2.69. The molecule has 0 radical (unpaired) electrons. The number of aliphatic carboxylic acids is 1. The lowest BCUT2D eigenvalue weighted by Gasteiger charge is -2.04. The van der Waals surface area contributed by atoms with E-state index in [-0.39, 0.29) is 12.3 Å². The van der Waals surface area contributed by atoms with E-state index in [0.29, 0.717) is 19.4 Å². The van der Waals surface area contributed by atoms with Crippen molar-refractivity contribution in [2.45, 2.75) is 77.6 Å². The Bertz CT molecular complexity index is 242. The summed E-state index contributed by atoms with van der Waals surface area (Å²) in [4.78, 5) is 21.7. The molecule has 0 bridgehead atoms. The van der Waals surface area contributed by atoms with Gasteiger partial charge in [-0.15, -0.1) is 0 Å². The van der Waals surface area contributed by atoms with Gasteiger partial charge in [-0.25, -0.2) is 0 Å². The molecule has 0 spiro atoms. The van der Waals surface area contributed by atoms with E-state index in [0.717, 1.165) is 12.8 Å². The maximum absolute atomic E-state index is 11.4. The lowest BCUT2D eigenvalue weighted by atomic mass is 10.1. The van der Waals surface area contributed by atoms with Crippen molar-refractivity contribution < 1.29 is 14.7 Å². The second-order valence-corrected chi connectivity index (χ2v) is 5.07. The first kappa shape index (κ1) is 17.9. The molecule has 0 unspecified atom stereocenters. The smallest absolute Gasteiger partial charge is 0.303 e. The molecule has 1 amide bonds. The van der Waals surface area contributed by atoms with Gasteiger partial charge in [-0.05, 0) is 12.8 Å². The van der Waals surface area contributed by atoms with Crippen LogP contribution in [-0.4, -0.2) is 23.5 Å². The third-order valence-electron chi connectivity index (χ3n) is 3.15. The number of unbranched alkanes of at least 4 members (excludes halogenated alkanes) is 7. The molecule has 112 valence electrons. The standard InChI is InChI=1S/C15H29NO3/c1-2-3-4-5-6-7-8-9-11-14(17)16-13-10-12-15(18)19/h2-13H2,1H3,(H,16,17)(H,18,19). The van der Waals surface area contributed by atoms with Crippen LogP contribution in [0.25, 0.3) is 0 Å². The quantitative estimate of drug-likeness (QED) is 0.504. The average molecular weight is 271 g/mol. The van der Waals surface area contributed by atoms with E-state index in [9.17, 15) is 9.59 Å². The molecule has 0 heterocycles. The summed E-state index contributed by atoms with van der Waals surface area (Å²) in [7, 11) is 0. The van der Waals surface area contributed by atoms with Gasteiger partial charge in [0.25, 0.3) is 0 Å². The van der Waals surface area contributed by atoms with Crippen LogP contribution in [0.15, 0.2) is 0 Å². The third-order valence-corrected chi connectivity index (χ3v) is 3.15. The number of carbonyl (C=O) groups is 2. The summed E-state index contributed by atoms with van der Waals surface area (Å²) < 4.78 is 0. The van der Waals surface area contributed by atoms with Gasteiger partial charge in [-0.2, -0.15) is 0 Å². The zero-order chi connectivity index (χ0) is 14.3. The fourth-order valence-corrected chi connectivity index (χ4v) is 1.98. The number of hydrogen-bond donors (Lipinski definition) is 2. The molecule has 0 aromatic heterocycles. The Morgan fingerprint density at radius 1 is 0.842 bits per heavy atom. The van der Waals surface area contributed by atoms with Crippen LogP contribution >= 0.6 is 0 Å². The molecule has 0 aliphatic carbocycles. The monoisotopic (exact) mass is 271 g/mol. The molecule has 0 aliphatic heterocycles. The molecule has 0 aromatic rings. The summed E-state index contributed by atoms with van der Waals surface area (Å²) in [6.07, 6.45) is 11.0. The highest BCUT2D eigenvalue weighted by Gasteiger charge is 2.01. The minimum atomic E-state index is -0.808. The lowest BCUT2D eigenvalue weighted by Crippen LogP contribution is -2.24. The summed E-state index contributed by atoms with van der Waals surface area (Å²) in [6, 6.07) is 0. The molecule has 0 atom stereocenters. The number of rotatable bonds is 13. The third kappa shape index (κ3) is 14.9. The second-order valence-electron chi connectivity index (χ2n) is 5.07. The van der Waals surface area contributed by atoms with E-state index in [2.05, 4.69) is 12.2 Å². The minimum Gasteiger partial charge on any atom is -0.481 e. The first-order valence-electron chi connectivity index (χ1n) is 7.65. The van der Waals surface area contributed by atoms with Crippen LogP contribution in [0.5, 0.6) is 0 Å². The molecular formula is C15H29NO3. The Kier molecular flexibility index (Phi) is 12.6.